The van der Waals surface area contributed by atoms with Gasteiger partial charge < -0.3 is 15.3 Å². The molecule has 0 aliphatic heterocycles. The second kappa shape index (κ2) is 8.01. The third-order valence-electron chi connectivity index (χ3n) is 5.09. The van der Waals surface area contributed by atoms with E-state index in [1.807, 2.05) is 14.0 Å². The zero-order valence-corrected chi connectivity index (χ0v) is 15.6. The molecular formula is C17H23ClN4O4. The lowest BCUT2D eigenvalue weighted by atomic mass is 9.80. The Morgan fingerprint density at radius 2 is 1.96 bits per heavy atom. The molecule has 0 radical (unpaired) electrons. The number of nitrogens with zero attached hydrogens (tertiary/aromatic N) is 3. The van der Waals surface area contributed by atoms with Gasteiger partial charge in [-0.2, -0.15) is 0 Å². The zero-order valence-electron chi connectivity index (χ0n) is 14.8. The van der Waals surface area contributed by atoms with E-state index >= 15 is 0 Å². The second-order valence-corrected chi connectivity index (χ2v) is 6.92. The third kappa shape index (κ3) is 4.31. The molecule has 8 nitrogen and oxygen atoms in total. The molecule has 0 atom stereocenters. The monoisotopic (exact) mass is 382 g/mol. The van der Waals surface area contributed by atoms with Gasteiger partial charge in [0, 0.05) is 24.2 Å². The number of aromatic nitrogens is 2. The molecule has 1 saturated carbocycles. The number of carboxylic acids is 1. The van der Waals surface area contributed by atoms with Gasteiger partial charge in [-0.3, -0.25) is 9.59 Å². The third-order valence-corrected chi connectivity index (χ3v) is 5.09. The number of amides is 1. The van der Waals surface area contributed by atoms with Crippen molar-refractivity contribution in [1.29, 1.82) is 0 Å². The molecule has 1 amide bonds. The first-order chi connectivity index (χ1) is 11.9. The van der Waals surface area contributed by atoms with Crippen molar-refractivity contribution < 1.29 is 19.3 Å². The van der Waals surface area contributed by atoms with Crippen LogP contribution in [0.3, 0.4) is 0 Å². The highest BCUT2D eigenvalue weighted by Crippen LogP contribution is 2.31. The molecule has 2 N–H and O–H groups in total. The molecular weight excluding hydrogens is 360 g/mol. The van der Waals surface area contributed by atoms with Crippen LogP contribution in [0.15, 0.2) is 22.8 Å². The molecule has 1 aromatic heterocycles. The molecule has 1 fully saturated rings. The number of nitrogens with one attached hydrogen (secondary N) is 1. The normalized spacial score (nSPS) is 22.6. The highest BCUT2D eigenvalue weighted by atomic mass is 35.5. The predicted molar refractivity (Wildman–Crippen MR) is 97.4 cm³/mol. The molecule has 1 heterocycles. The van der Waals surface area contributed by atoms with Crippen molar-refractivity contribution in [2.75, 3.05) is 13.6 Å². The van der Waals surface area contributed by atoms with E-state index in [-0.39, 0.29) is 36.4 Å². The van der Waals surface area contributed by atoms with Crippen molar-refractivity contribution in [2.45, 2.75) is 44.2 Å². The Kier molecular flexibility index (Phi) is 6.20. The fourth-order valence-electron chi connectivity index (χ4n) is 3.38. The van der Waals surface area contributed by atoms with Crippen LogP contribution in [0.25, 0.3) is 11.0 Å². The van der Waals surface area contributed by atoms with Gasteiger partial charge in [-0.1, -0.05) is 0 Å². The fourth-order valence-corrected chi connectivity index (χ4v) is 3.38. The summed E-state index contributed by atoms with van der Waals surface area (Å²) in [4.78, 5) is 25.3. The highest BCUT2D eigenvalue weighted by Gasteiger charge is 2.34. The molecule has 1 aliphatic carbocycles. The summed E-state index contributed by atoms with van der Waals surface area (Å²) >= 11 is 0. The largest absolute Gasteiger partial charge is 0.480 e. The van der Waals surface area contributed by atoms with Crippen LogP contribution in [0.5, 0.6) is 0 Å². The van der Waals surface area contributed by atoms with Crippen LogP contribution in [0.4, 0.5) is 0 Å². The number of hydrogen-bond acceptors (Lipinski definition) is 6. The molecule has 3 rings (SSSR count). The Balaban J connectivity index is 0.00000243. The van der Waals surface area contributed by atoms with Gasteiger partial charge >= 0.3 is 5.97 Å². The summed E-state index contributed by atoms with van der Waals surface area (Å²) in [6, 6.07) is 5.28. The summed E-state index contributed by atoms with van der Waals surface area (Å²) in [5, 5.41) is 19.4. The van der Waals surface area contributed by atoms with Gasteiger partial charge in [0.05, 0.1) is 6.54 Å². The highest BCUT2D eigenvalue weighted by molar-refractivity contribution is 5.97. The first kappa shape index (κ1) is 20.1. The molecule has 0 saturated heterocycles. The quantitative estimate of drug-likeness (QED) is 0.814. The SMILES string of the molecule is CN(C(=O)c1ccc2nonc2c1)[C@H]1CC[C@](C)(NCC(=O)O)CC1.Cl. The summed E-state index contributed by atoms with van der Waals surface area (Å²) in [5.74, 6) is -0.912. The molecule has 26 heavy (non-hydrogen) atoms. The van der Waals surface area contributed by atoms with Gasteiger partial charge in [-0.25, -0.2) is 4.63 Å². The summed E-state index contributed by atoms with van der Waals surface area (Å²) in [5.41, 5.74) is 1.55. The van der Waals surface area contributed by atoms with Crippen LogP contribution in [0.2, 0.25) is 0 Å². The number of carbonyl (C=O) groups is 2. The standard InChI is InChI=1S/C17H22N4O4.ClH/c1-17(18-10-15(22)23)7-5-12(6-8-17)21(2)16(24)11-3-4-13-14(9-11)20-25-19-13;/h3-4,9,12,18H,5-8,10H2,1-2H3,(H,22,23);1H/t12-,17-;. The Hall–Kier alpha value is -2.19. The van der Waals surface area contributed by atoms with E-state index in [2.05, 4.69) is 20.3 Å². The molecule has 142 valence electrons. The van der Waals surface area contributed by atoms with Crippen molar-refractivity contribution in [3.05, 3.63) is 23.8 Å². The van der Waals surface area contributed by atoms with E-state index in [1.165, 1.54) is 0 Å². The van der Waals surface area contributed by atoms with Crippen molar-refractivity contribution >= 4 is 35.3 Å². The average molecular weight is 383 g/mol. The molecule has 0 spiro atoms. The number of benzene rings is 1. The number of fused-ring (bicyclic) bond motifs is 1. The summed E-state index contributed by atoms with van der Waals surface area (Å²) in [6.07, 6.45) is 3.32. The molecule has 2 aromatic rings. The van der Waals surface area contributed by atoms with Gasteiger partial charge in [0.1, 0.15) is 11.0 Å². The lowest BCUT2D eigenvalue weighted by Gasteiger charge is -2.41. The minimum absolute atomic E-state index is 0. The summed E-state index contributed by atoms with van der Waals surface area (Å²) in [6.45, 7) is 2.00. The van der Waals surface area contributed by atoms with Crippen LogP contribution >= 0.6 is 12.4 Å². The Morgan fingerprint density at radius 3 is 2.62 bits per heavy atom. The van der Waals surface area contributed by atoms with Gasteiger partial charge in [-0.15, -0.1) is 12.4 Å². The van der Waals surface area contributed by atoms with Gasteiger partial charge in [0.15, 0.2) is 0 Å². The Bertz CT molecular complexity index is 786. The second-order valence-electron chi connectivity index (χ2n) is 6.92. The minimum Gasteiger partial charge on any atom is -0.480 e. The van der Waals surface area contributed by atoms with Crippen LogP contribution in [0, 0.1) is 0 Å². The van der Waals surface area contributed by atoms with E-state index in [4.69, 9.17) is 5.11 Å². The van der Waals surface area contributed by atoms with Crippen molar-refractivity contribution in [2.24, 2.45) is 0 Å². The maximum absolute atomic E-state index is 12.7. The number of carbonyl (C=O) groups excluding carboxylic acids is 1. The minimum atomic E-state index is -0.853. The maximum Gasteiger partial charge on any atom is 0.317 e. The van der Waals surface area contributed by atoms with E-state index in [9.17, 15) is 9.59 Å². The molecule has 0 bridgehead atoms. The summed E-state index contributed by atoms with van der Waals surface area (Å²) < 4.78 is 4.67. The lowest BCUT2D eigenvalue weighted by molar-refractivity contribution is -0.136. The van der Waals surface area contributed by atoms with Crippen LogP contribution < -0.4 is 5.32 Å². The molecule has 1 aromatic carbocycles. The van der Waals surface area contributed by atoms with E-state index in [0.29, 0.717) is 16.6 Å². The molecule has 1 aliphatic rings. The smallest absolute Gasteiger partial charge is 0.317 e. The number of carboxylic acid groups (broad SMARTS) is 1. The lowest BCUT2D eigenvalue weighted by Crippen LogP contribution is -2.51. The van der Waals surface area contributed by atoms with Crippen molar-refractivity contribution in [1.82, 2.24) is 20.5 Å². The van der Waals surface area contributed by atoms with Crippen molar-refractivity contribution in [3.63, 3.8) is 0 Å². The van der Waals surface area contributed by atoms with Gasteiger partial charge in [-0.05, 0) is 61.1 Å². The number of aliphatic carboxylic acids is 1. The number of hydrogen-bond donors (Lipinski definition) is 2. The summed E-state index contributed by atoms with van der Waals surface area (Å²) in [7, 11) is 1.81. The van der Waals surface area contributed by atoms with Crippen molar-refractivity contribution in [3.8, 4) is 0 Å². The fraction of sp³-hybridized carbons (Fsp3) is 0.529. The van der Waals surface area contributed by atoms with Gasteiger partial charge in [0.2, 0.25) is 0 Å². The maximum atomic E-state index is 12.7. The zero-order chi connectivity index (χ0) is 18.0. The van der Waals surface area contributed by atoms with Crippen LogP contribution in [-0.2, 0) is 4.79 Å². The van der Waals surface area contributed by atoms with E-state index in [1.54, 1.807) is 23.1 Å². The first-order valence-corrected chi connectivity index (χ1v) is 8.34. The Labute approximate surface area is 157 Å². The van der Waals surface area contributed by atoms with E-state index in [0.717, 1.165) is 25.7 Å². The van der Waals surface area contributed by atoms with Crippen LogP contribution in [-0.4, -0.2) is 57.4 Å². The molecule has 0 unspecified atom stereocenters. The van der Waals surface area contributed by atoms with Crippen LogP contribution in [0.1, 0.15) is 43.0 Å². The van der Waals surface area contributed by atoms with E-state index < -0.39 is 5.97 Å². The first-order valence-electron chi connectivity index (χ1n) is 8.34. The Morgan fingerprint density at radius 1 is 1.31 bits per heavy atom. The number of halogens is 1. The number of rotatable bonds is 5. The predicted octanol–water partition coefficient (Wildman–Crippen LogP) is 2.09. The average Bonchev–Trinajstić information content (AvgIpc) is 3.07. The molecule has 9 heteroatoms. The topological polar surface area (TPSA) is 109 Å². The van der Waals surface area contributed by atoms with Gasteiger partial charge in [0.25, 0.3) is 5.91 Å².